The number of carbonyl (C=O) groups excluding carboxylic acids is 1. The fourth-order valence-electron chi connectivity index (χ4n) is 4.70. The van der Waals surface area contributed by atoms with E-state index in [0.29, 0.717) is 12.2 Å². The number of likely N-dealkylation sites (tertiary alicyclic amines) is 1. The van der Waals surface area contributed by atoms with Crippen LogP contribution in [0.2, 0.25) is 0 Å². The minimum absolute atomic E-state index is 0.0120. The van der Waals surface area contributed by atoms with Gasteiger partial charge < -0.3 is 10.1 Å². The number of ether oxygens (including phenoxy) is 1. The first-order valence-corrected chi connectivity index (χ1v) is 11.8. The summed E-state index contributed by atoms with van der Waals surface area (Å²) in [7, 11) is 0. The van der Waals surface area contributed by atoms with Gasteiger partial charge >= 0.3 is 0 Å². The fraction of sp³-hybridized carbons (Fsp3) is 0.565. The first kappa shape index (κ1) is 20.4. The summed E-state index contributed by atoms with van der Waals surface area (Å²) in [5, 5.41) is 5.23. The second-order valence-electron chi connectivity index (χ2n) is 8.31. The van der Waals surface area contributed by atoms with Crippen molar-refractivity contribution in [3.05, 3.63) is 46.4 Å². The Morgan fingerprint density at radius 1 is 1.07 bits per heavy atom. The Morgan fingerprint density at radius 3 is 2.48 bits per heavy atom. The highest BCUT2D eigenvalue weighted by Crippen LogP contribution is 2.35. The van der Waals surface area contributed by atoms with Crippen molar-refractivity contribution in [3.8, 4) is 5.75 Å². The van der Waals surface area contributed by atoms with Crippen LogP contribution in [-0.4, -0.2) is 41.0 Å². The molecule has 0 bridgehead atoms. The first-order valence-electron chi connectivity index (χ1n) is 10.9. The van der Waals surface area contributed by atoms with Crippen molar-refractivity contribution < 1.29 is 9.53 Å². The highest BCUT2D eigenvalue weighted by atomic mass is 32.1. The molecular formula is C23H31N3O2S. The molecule has 1 N–H and O–H groups in total. The van der Waals surface area contributed by atoms with E-state index in [1.807, 2.05) is 29.6 Å². The van der Waals surface area contributed by atoms with Crippen molar-refractivity contribution in [3.63, 3.8) is 0 Å². The third kappa shape index (κ3) is 5.17. The second kappa shape index (κ2) is 9.72. The second-order valence-corrected chi connectivity index (χ2v) is 9.03. The van der Waals surface area contributed by atoms with Crippen LogP contribution in [-0.2, 0) is 6.61 Å². The highest BCUT2D eigenvalue weighted by molar-refractivity contribution is 7.07. The molecule has 1 saturated heterocycles. The third-order valence-corrected chi connectivity index (χ3v) is 7.01. The third-order valence-electron chi connectivity index (χ3n) is 6.38. The number of rotatable bonds is 7. The van der Waals surface area contributed by atoms with Crippen LogP contribution in [0.15, 0.2) is 35.2 Å². The minimum atomic E-state index is 0.0120. The predicted octanol–water partition coefficient (Wildman–Crippen LogP) is 4.64. The van der Waals surface area contributed by atoms with Crippen molar-refractivity contribution in [2.45, 2.75) is 63.5 Å². The lowest BCUT2D eigenvalue weighted by Crippen LogP contribution is -2.58. The number of benzene rings is 1. The van der Waals surface area contributed by atoms with Gasteiger partial charge in [-0.3, -0.25) is 9.69 Å². The molecule has 5 nitrogen and oxygen atoms in total. The van der Waals surface area contributed by atoms with E-state index in [0.717, 1.165) is 18.0 Å². The van der Waals surface area contributed by atoms with E-state index >= 15 is 0 Å². The van der Waals surface area contributed by atoms with E-state index in [4.69, 9.17) is 4.74 Å². The van der Waals surface area contributed by atoms with Crippen molar-refractivity contribution in [1.82, 2.24) is 15.2 Å². The van der Waals surface area contributed by atoms with Gasteiger partial charge in [0.2, 0.25) is 0 Å². The van der Waals surface area contributed by atoms with Gasteiger partial charge in [0.05, 0.1) is 11.2 Å². The number of aromatic nitrogens is 1. The summed E-state index contributed by atoms with van der Waals surface area (Å²) in [6.45, 7) is 3.57. The Morgan fingerprint density at radius 2 is 1.79 bits per heavy atom. The maximum absolute atomic E-state index is 12.8. The van der Waals surface area contributed by atoms with Gasteiger partial charge in [-0.05, 0) is 63.0 Å². The molecule has 1 aromatic heterocycles. The highest BCUT2D eigenvalue weighted by Gasteiger charge is 2.38. The zero-order valence-electron chi connectivity index (χ0n) is 17.1. The Labute approximate surface area is 177 Å². The molecule has 156 valence electrons. The average molecular weight is 414 g/mol. The number of thiazole rings is 1. The van der Waals surface area contributed by atoms with Gasteiger partial charge in [0.1, 0.15) is 12.4 Å². The average Bonchev–Trinajstić information content (AvgIpc) is 3.31. The van der Waals surface area contributed by atoms with Crippen molar-refractivity contribution in [2.75, 3.05) is 19.6 Å². The number of nitrogens with one attached hydrogen (secondary N) is 1. The van der Waals surface area contributed by atoms with Gasteiger partial charge in [-0.25, -0.2) is 4.98 Å². The minimum Gasteiger partial charge on any atom is -0.487 e. The number of hydrogen-bond donors (Lipinski definition) is 1. The van der Waals surface area contributed by atoms with Crippen LogP contribution in [0.25, 0.3) is 0 Å². The molecule has 1 amide bonds. The zero-order valence-corrected chi connectivity index (χ0v) is 17.9. The van der Waals surface area contributed by atoms with Crippen molar-refractivity contribution in [2.24, 2.45) is 0 Å². The van der Waals surface area contributed by atoms with E-state index in [9.17, 15) is 4.79 Å². The molecule has 29 heavy (non-hydrogen) atoms. The molecule has 4 rings (SSSR count). The molecule has 2 aliphatic rings. The first-order chi connectivity index (χ1) is 14.3. The molecule has 0 radical (unpaired) electrons. The van der Waals surface area contributed by atoms with E-state index in [1.165, 1.54) is 64.5 Å². The van der Waals surface area contributed by atoms with Crippen LogP contribution in [0.4, 0.5) is 0 Å². The van der Waals surface area contributed by atoms with Crippen molar-refractivity contribution >= 4 is 17.2 Å². The normalized spacial score (nSPS) is 19.6. The van der Waals surface area contributed by atoms with Crippen LogP contribution < -0.4 is 10.1 Å². The largest absolute Gasteiger partial charge is 0.487 e. The van der Waals surface area contributed by atoms with Crippen LogP contribution in [0.1, 0.15) is 67.4 Å². The summed E-state index contributed by atoms with van der Waals surface area (Å²) >= 11 is 1.56. The smallest absolute Gasteiger partial charge is 0.251 e. The summed E-state index contributed by atoms with van der Waals surface area (Å²) in [6.07, 6.45) is 10.2. The molecule has 1 aliphatic carbocycles. The Balaban J connectivity index is 1.33. The Hall–Kier alpha value is -1.92. The maximum atomic E-state index is 12.8. The van der Waals surface area contributed by atoms with Crippen LogP contribution in [0, 0.1) is 0 Å². The summed E-state index contributed by atoms with van der Waals surface area (Å²) in [5.74, 6) is 0.768. The van der Waals surface area contributed by atoms with E-state index in [2.05, 4.69) is 15.2 Å². The molecule has 0 atom stereocenters. The topological polar surface area (TPSA) is 54.5 Å². The number of hydrogen-bond acceptors (Lipinski definition) is 5. The van der Waals surface area contributed by atoms with Crippen molar-refractivity contribution in [1.29, 1.82) is 0 Å². The number of amides is 1. The molecule has 6 heteroatoms. The van der Waals surface area contributed by atoms with Crippen LogP contribution in [0.3, 0.4) is 0 Å². The summed E-state index contributed by atoms with van der Waals surface area (Å²) < 4.78 is 5.74. The number of nitrogens with zero attached hydrogens (tertiary/aromatic N) is 2. The maximum Gasteiger partial charge on any atom is 0.251 e. The Bertz CT molecular complexity index is 764. The molecule has 2 aromatic rings. The van der Waals surface area contributed by atoms with Gasteiger partial charge in [0.15, 0.2) is 0 Å². The fourth-order valence-corrected chi connectivity index (χ4v) is 5.24. The van der Waals surface area contributed by atoms with Gasteiger partial charge in [0, 0.05) is 23.0 Å². The molecule has 1 aromatic carbocycles. The molecule has 0 spiro atoms. The monoisotopic (exact) mass is 413 g/mol. The lowest BCUT2D eigenvalue weighted by molar-refractivity contribution is 0.0326. The van der Waals surface area contributed by atoms with Gasteiger partial charge in [-0.15, -0.1) is 11.3 Å². The molecule has 2 fully saturated rings. The lowest BCUT2D eigenvalue weighted by atomic mass is 9.79. The zero-order chi connectivity index (χ0) is 19.9. The van der Waals surface area contributed by atoms with Crippen LogP contribution in [0.5, 0.6) is 5.75 Å². The van der Waals surface area contributed by atoms with Gasteiger partial charge in [-0.1, -0.05) is 25.7 Å². The van der Waals surface area contributed by atoms with E-state index in [-0.39, 0.29) is 11.4 Å². The summed E-state index contributed by atoms with van der Waals surface area (Å²) in [5.41, 5.74) is 3.57. The lowest BCUT2D eigenvalue weighted by Gasteiger charge is -2.48. The van der Waals surface area contributed by atoms with Gasteiger partial charge in [0.25, 0.3) is 5.91 Å². The van der Waals surface area contributed by atoms with Crippen LogP contribution >= 0.6 is 11.3 Å². The molecular weight excluding hydrogens is 382 g/mol. The molecule has 0 unspecified atom stereocenters. The standard InChI is InChI=1S/C23H31N3O2S/c27-22(19-7-9-21(10-8-19)28-15-20-16-29-18-25-20)24-17-23(11-3-1-4-12-23)26-13-5-2-6-14-26/h7-10,16,18H,1-6,11-15,17H2,(H,24,27). The predicted molar refractivity (Wildman–Crippen MR) is 116 cm³/mol. The Kier molecular flexibility index (Phi) is 6.82. The molecule has 1 aliphatic heterocycles. The van der Waals surface area contributed by atoms with E-state index in [1.54, 1.807) is 16.8 Å². The SMILES string of the molecule is O=C(NCC1(N2CCCCC2)CCCCC1)c1ccc(OCc2cscn2)cc1. The number of piperidine rings is 1. The summed E-state index contributed by atoms with van der Waals surface area (Å²) in [4.78, 5) is 19.7. The molecule has 1 saturated carbocycles. The quantitative estimate of drug-likeness (QED) is 0.718. The van der Waals surface area contributed by atoms with E-state index < -0.39 is 0 Å². The molecule has 2 heterocycles. The summed E-state index contributed by atoms with van der Waals surface area (Å²) in [6, 6.07) is 7.42. The number of carbonyl (C=O) groups is 1. The van der Waals surface area contributed by atoms with Gasteiger partial charge in [-0.2, -0.15) is 0 Å².